The number of ether oxygens (including phenoxy) is 4. The van der Waals surface area contributed by atoms with Crippen molar-refractivity contribution in [3.63, 3.8) is 0 Å². The lowest BCUT2D eigenvalue weighted by Crippen LogP contribution is -2.55. The Bertz CT molecular complexity index is 1940. The minimum Gasteiger partial charge on any atom is -0.619 e. The van der Waals surface area contributed by atoms with Crippen molar-refractivity contribution in [2.45, 2.75) is 56.1 Å². The molecule has 4 saturated heterocycles. The molecule has 290 valence electrons. The van der Waals surface area contributed by atoms with Gasteiger partial charge in [-0.05, 0) is 105 Å². The van der Waals surface area contributed by atoms with Gasteiger partial charge >= 0.3 is 11.9 Å². The molecule has 0 saturated carbocycles. The first-order valence-corrected chi connectivity index (χ1v) is 19.7. The van der Waals surface area contributed by atoms with Gasteiger partial charge < -0.3 is 29.1 Å². The van der Waals surface area contributed by atoms with Crippen molar-refractivity contribution < 1.29 is 33.3 Å². The zero-order chi connectivity index (χ0) is 38.5. The molecule has 4 aliphatic heterocycles. The van der Waals surface area contributed by atoms with E-state index in [1.807, 2.05) is 30.3 Å². The fourth-order valence-electron chi connectivity index (χ4n) is 8.30. The molecule has 3 aromatic carbocycles. The first kappa shape index (κ1) is 38.9. The summed E-state index contributed by atoms with van der Waals surface area (Å²) in [7, 11) is 3.07. The van der Waals surface area contributed by atoms with Gasteiger partial charge in [0, 0.05) is 25.1 Å². The summed E-state index contributed by atoms with van der Waals surface area (Å²) in [5.41, 5.74) is 2.99. The van der Waals surface area contributed by atoms with Crippen molar-refractivity contribution in [1.82, 2.24) is 9.80 Å². The second kappa shape index (κ2) is 17.2. The molecule has 0 aliphatic carbocycles. The Morgan fingerprint density at radius 3 is 2.18 bits per heavy atom. The first-order chi connectivity index (χ1) is 26.6. The summed E-state index contributed by atoms with van der Waals surface area (Å²) >= 11 is 12.8. The highest BCUT2D eigenvalue weighted by molar-refractivity contribution is 6.35. The number of carbonyl (C=O) groups is 2. The van der Waals surface area contributed by atoms with Gasteiger partial charge in [0.15, 0.2) is 23.9 Å². The topological polar surface area (TPSA) is 104 Å². The molecule has 4 aromatic rings. The minimum atomic E-state index is -0.806. The van der Waals surface area contributed by atoms with Gasteiger partial charge in [0.2, 0.25) is 0 Å². The van der Waals surface area contributed by atoms with E-state index in [0.29, 0.717) is 51.7 Å². The van der Waals surface area contributed by atoms with Crippen molar-refractivity contribution in [3.8, 4) is 11.5 Å². The highest BCUT2D eigenvalue weighted by Crippen LogP contribution is 2.40. The van der Waals surface area contributed by atoms with Crippen LogP contribution in [0.4, 0.5) is 0 Å². The molecular weight excluding hydrogens is 741 g/mol. The third kappa shape index (κ3) is 8.73. The molecule has 0 spiro atoms. The number of rotatable bonds is 13. The number of carbonyl (C=O) groups excluding carboxylic acids is 2. The lowest BCUT2D eigenvalue weighted by Gasteiger charge is -2.46. The summed E-state index contributed by atoms with van der Waals surface area (Å²) in [5.74, 6) is 0.870. The van der Waals surface area contributed by atoms with Crippen molar-refractivity contribution in [3.05, 3.63) is 128 Å². The zero-order valence-electron chi connectivity index (χ0n) is 31.3. The molecule has 0 N–H and O–H groups in total. The van der Waals surface area contributed by atoms with Gasteiger partial charge in [0.1, 0.15) is 22.3 Å². The molecule has 0 unspecified atom stereocenters. The average Bonchev–Trinajstić information content (AvgIpc) is 3.21. The van der Waals surface area contributed by atoms with Crippen LogP contribution in [0, 0.1) is 11.1 Å². The molecule has 8 rings (SSSR count). The van der Waals surface area contributed by atoms with E-state index in [2.05, 4.69) is 21.9 Å². The van der Waals surface area contributed by atoms with Gasteiger partial charge in [-0.3, -0.25) is 9.69 Å². The van der Waals surface area contributed by atoms with Crippen molar-refractivity contribution in [2.24, 2.45) is 5.92 Å². The summed E-state index contributed by atoms with van der Waals surface area (Å²) in [6, 6.07) is 22.9. The second-order valence-corrected chi connectivity index (χ2v) is 15.6. The Morgan fingerprint density at radius 2 is 1.56 bits per heavy atom. The number of likely N-dealkylation sites (tertiary alicyclic amines) is 1. The smallest absolute Gasteiger partial charge is 0.338 e. The summed E-state index contributed by atoms with van der Waals surface area (Å²) in [4.78, 5) is 32.5. The summed E-state index contributed by atoms with van der Waals surface area (Å²) in [5, 5.41) is 12.2. The quantitative estimate of drug-likeness (QED) is 0.0806. The monoisotopic (exact) mass is 787 g/mol. The number of hydrogen-bond donors (Lipinski definition) is 0. The van der Waals surface area contributed by atoms with E-state index in [1.165, 1.54) is 19.5 Å². The van der Waals surface area contributed by atoms with E-state index in [4.69, 9.17) is 42.1 Å². The van der Waals surface area contributed by atoms with E-state index >= 15 is 0 Å². The molecular formula is C43H47Cl2N3O7. The zero-order valence-corrected chi connectivity index (χ0v) is 32.8. The van der Waals surface area contributed by atoms with Crippen molar-refractivity contribution in [2.75, 3.05) is 53.5 Å². The predicted octanol–water partition coefficient (Wildman–Crippen LogP) is 7.00. The van der Waals surface area contributed by atoms with Gasteiger partial charge in [-0.15, -0.1) is 0 Å². The molecule has 0 amide bonds. The molecule has 2 bridgehead atoms. The molecule has 55 heavy (non-hydrogen) atoms. The first-order valence-electron chi connectivity index (χ1n) is 19.0. The lowest BCUT2D eigenvalue weighted by atomic mass is 9.72. The van der Waals surface area contributed by atoms with Crippen LogP contribution in [-0.2, 0) is 32.5 Å². The van der Waals surface area contributed by atoms with Crippen LogP contribution in [0.2, 0.25) is 10.0 Å². The van der Waals surface area contributed by atoms with Gasteiger partial charge in [0.25, 0.3) is 0 Å². The van der Waals surface area contributed by atoms with Crippen LogP contribution in [0.5, 0.6) is 11.5 Å². The van der Waals surface area contributed by atoms with Crippen LogP contribution >= 0.6 is 23.2 Å². The SMILES string of the molecule is COc1ccc([C@H](Cc2c(Cl)c[n+]([O-])cc2Cl)OC(=O)c2ccc(CCN3CCC(C(=O)O[C@H]4CN5CCC4CC5)(c4ccccc4)CC3)cc2)cc1OC. The molecule has 1 aromatic heterocycles. The number of nitrogens with zero attached hydrogens (tertiary/aromatic N) is 3. The fourth-order valence-corrected chi connectivity index (χ4v) is 8.90. The Balaban J connectivity index is 0.987. The number of benzene rings is 3. The van der Waals surface area contributed by atoms with Crippen LogP contribution in [0.1, 0.15) is 64.4 Å². The average molecular weight is 789 g/mol. The highest BCUT2D eigenvalue weighted by Gasteiger charge is 2.47. The number of piperidine rings is 4. The van der Waals surface area contributed by atoms with Crippen LogP contribution < -0.4 is 14.2 Å². The van der Waals surface area contributed by atoms with Gasteiger partial charge in [-0.2, -0.15) is 4.73 Å². The minimum absolute atomic E-state index is 0.0149. The fraction of sp³-hybridized carbons (Fsp3) is 0.419. The van der Waals surface area contributed by atoms with Gasteiger partial charge in [-0.1, -0.05) is 71.7 Å². The summed E-state index contributed by atoms with van der Waals surface area (Å²) in [6.45, 7) is 5.47. The molecule has 5 heterocycles. The molecule has 12 heteroatoms. The predicted molar refractivity (Wildman–Crippen MR) is 210 cm³/mol. The Morgan fingerprint density at radius 1 is 0.891 bits per heavy atom. The molecule has 4 fully saturated rings. The number of aromatic nitrogens is 1. The third-order valence-electron chi connectivity index (χ3n) is 11.7. The molecule has 4 aliphatic rings. The van der Waals surface area contributed by atoms with E-state index in [1.54, 1.807) is 37.4 Å². The number of methoxy groups -OCH3 is 2. The maximum atomic E-state index is 14.0. The summed E-state index contributed by atoms with van der Waals surface area (Å²) < 4.78 is 23.9. The largest absolute Gasteiger partial charge is 0.619 e. The Hall–Kier alpha value is -4.35. The second-order valence-electron chi connectivity index (χ2n) is 14.8. The number of halogens is 2. The number of hydrogen-bond acceptors (Lipinski definition) is 9. The Labute approximate surface area is 332 Å². The van der Waals surface area contributed by atoms with E-state index in [0.717, 1.165) is 69.7 Å². The van der Waals surface area contributed by atoms with Crippen molar-refractivity contribution in [1.29, 1.82) is 0 Å². The molecule has 2 atom stereocenters. The Kier molecular flexibility index (Phi) is 12.2. The third-order valence-corrected chi connectivity index (χ3v) is 12.3. The molecule has 10 nitrogen and oxygen atoms in total. The van der Waals surface area contributed by atoms with E-state index in [9.17, 15) is 14.8 Å². The van der Waals surface area contributed by atoms with Crippen LogP contribution in [0.25, 0.3) is 0 Å². The van der Waals surface area contributed by atoms with E-state index < -0.39 is 17.5 Å². The van der Waals surface area contributed by atoms with Crippen molar-refractivity contribution >= 4 is 35.1 Å². The summed E-state index contributed by atoms with van der Waals surface area (Å²) in [6.07, 6.45) is 6.15. The number of fused-ring (bicyclic) bond motifs is 3. The standard InChI is InChI=1S/C43H47Cl2N3O7/c1-52-37-13-12-32(24-39(37)53-2)38(25-34-35(44)26-48(51)27-36(34)45)54-41(49)31-10-8-29(9-11-31)14-19-46-22-17-43(18-23-46,33-6-4-3-5-7-33)42(50)55-40-28-47-20-15-30(40)16-21-47/h3-13,24,26-27,30,38,40H,14-23,25,28H2,1-2H3/t38-,40-/m0/s1. The van der Waals surface area contributed by atoms with Crippen LogP contribution in [-0.4, -0.2) is 81.3 Å². The normalized spacial score (nSPS) is 21.1. The lowest BCUT2D eigenvalue weighted by molar-refractivity contribution is -0.605. The maximum absolute atomic E-state index is 14.0. The van der Waals surface area contributed by atoms with Crippen LogP contribution in [0.15, 0.2) is 85.2 Å². The number of pyridine rings is 1. The highest BCUT2D eigenvalue weighted by atomic mass is 35.5. The van der Waals surface area contributed by atoms with Gasteiger partial charge in [-0.25, -0.2) is 4.79 Å². The molecule has 0 radical (unpaired) electrons. The van der Waals surface area contributed by atoms with E-state index in [-0.39, 0.29) is 28.5 Å². The number of esters is 2. The maximum Gasteiger partial charge on any atom is 0.338 e. The van der Waals surface area contributed by atoms with Gasteiger partial charge in [0.05, 0.1) is 25.2 Å². The van der Waals surface area contributed by atoms with Crippen LogP contribution in [0.3, 0.4) is 0 Å².